The molecule has 4 rings (SSSR count). The molecule has 3 aromatic rings. The van der Waals surface area contributed by atoms with Crippen LogP contribution in [0, 0.1) is 23.2 Å². The van der Waals surface area contributed by atoms with Gasteiger partial charge >= 0.3 is 0 Å². The van der Waals surface area contributed by atoms with Crippen LogP contribution in [0.15, 0.2) is 65.7 Å². The van der Waals surface area contributed by atoms with Gasteiger partial charge < -0.3 is 0 Å². The predicted molar refractivity (Wildman–Crippen MR) is 111 cm³/mol. The number of rotatable bonds is 3. The summed E-state index contributed by atoms with van der Waals surface area (Å²) in [7, 11) is 0. The summed E-state index contributed by atoms with van der Waals surface area (Å²) in [4.78, 5) is 19.7. The molecule has 0 aliphatic carbocycles. The van der Waals surface area contributed by atoms with Crippen molar-refractivity contribution in [3.05, 3.63) is 99.2 Å². The summed E-state index contributed by atoms with van der Waals surface area (Å²) in [5.74, 6) is 6.38. The van der Waals surface area contributed by atoms with Crippen molar-refractivity contribution in [1.82, 2.24) is 14.5 Å². The summed E-state index contributed by atoms with van der Waals surface area (Å²) in [6.45, 7) is 2.48. The van der Waals surface area contributed by atoms with Gasteiger partial charge in [-0.25, -0.2) is 4.98 Å². The molecule has 0 N–H and O–H groups in total. The molecule has 2 aromatic carbocycles. The molecule has 5 heteroatoms. The molecule has 1 aliphatic heterocycles. The van der Waals surface area contributed by atoms with Crippen LogP contribution in [-0.4, -0.2) is 27.5 Å². The van der Waals surface area contributed by atoms with Crippen LogP contribution in [0.1, 0.15) is 27.9 Å². The maximum absolute atomic E-state index is 13.0. The van der Waals surface area contributed by atoms with Crippen molar-refractivity contribution in [2.45, 2.75) is 19.5 Å². The Morgan fingerprint density at radius 1 is 1.03 bits per heavy atom. The molecule has 0 atom stereocenters. The molecule has 0 bridgehead atoms. The third kappa shape index (κ3) is 4.43. The molecular formula is C24H20N4O. The highest BCUT2D eigenvalue weighted by atomic mass is 16.1. The van der Waals surface area contributed by atoms with Crippen LogP contribution in [-0.2, 0) is 19.5 Å². The lowest BCUT2D eigenvalue weighted by atomic mass is 10.1. The highest BCUT2D eigenvalue weighted by molar-refractivity contribution is 5.34. The average Bonchev–Trinajstić information content (AvgIpc) is 2.77. The first-order valence-electron chi connectivity index (χ1n) is 9.55. The number of hydrogen-bond acceptors (Lipinski definition) is 4. The van der Waals surface area contributed by atoms with Gasteiger partial charge in [-0.3, -0.25) is 14.3 Å². The van der Waals surface area contributed by atoms with Crippen LogP contribution in [0.25, 0.3) is 0 Å². The molecule has 0 fully saturated rings. The van der Waals surface area contributed by atoms with Crippen molar-refractivity contribution < 1.29 is 0 Å². The van der Waals surface area contributed by atoms with Crippen molar-refractivity contribution in [2.75, 3.05) is 13.1 Å². The zero-order valence-electron chi connectivity index (χ0n) is 16.0. The summed E-state index contributed by atoms with van der Waals surface area (Å²) < 4.78 is 1.64. The van der Waals surface area contributed by atoms with Gasteiger partial charge in [-0.15, -0.1) is 0 Å². The summed E-state index contributed by atoms with van der Waals surface area (Å²) in [5, 5.41) is 8.92. The lowest BCUT2D eigenvalue weighted by Crippen LogP contribution is -2.38. The van der Waals surface area contributed by atoms with Gasteiger partial charge in [-0.05, 0) is 29.8 Å². The van der Waals surface area contributed by atoms with Crippen LogP contribution in [0.4, 0.5) is 0 Å². The van der Waals surface area contributed by atoms with Crippen molar-refractivity contribution in [3.63, 3.8) is 0 Å². The van der Waals surface area contributed by atoms with E-state index >= 15 is 0 Å². The van der Waals surface area contributed by atoms with E-state index < -0.39 is 0 Å². The smallest absolute Gasteiger partial charge is 0.258 e. The van der Waals surface area contributed by atoms with E-state index in [1.54, 1.807) is 23.0 Å². The number of nitriles is 1. The van der Waals surface area contributed by atoms with Crippen LogP contribution >= 0.6 is 0 Å². The molecule has 0 saturated heterocycles. The van der Waals surface area contributed by atoms with Gasteiger partial charge in [0.15, 0.2) is 0 Å². The van der Waals surface area contributed by atoms with Gasteiger partial charge in [0.1, 0.15) is 0 Å². The van der Waals surface area contributed by atoms with E-state index in [0.717, 1.165) is 35.3 Å². The van der Waals surface area contributed by atoms with Crippen molar-refractivity contribution in [3.8, 4) is 17.9 Å². The maximum atomic E-state index is 13.0. The lowest BCUT2D eigenvalue weighted by molar-refractivity contribution is 0.280. The summed E-state index contributed by atoms with van der Waals surface area (Å²) in [5.41, 5.74) is 4.22. The zero-order valence-corrected chi connectivity index (χ0v) is 16.0. The third-order valence-electron chi connectivity index (χ3n) is 5.01. The van der Waals surface area contributed by atoms with Crippen LogP contribution in [0.3, 0.4) is 0 Å². The number of hydrogen-bond donors (Lipinski definition) is 0. The molecule has 29 heavy (non-hydrogen) atoms. The highest BCUT2D eigenvalue weighted by Crippen LogP contribution is 2.13. The van der Waals surface area contributed by atoms with E-state index in [0.29, 0.717) is 25.2 Å². The first-order chi connectivity index (χ1) is 14.2. The fraction of sp³-hybridized carbons (Fsp3) is 0.208. The molecule has 1 aliphatic rings. The van der Waals surface area contributed by atoms with E-state index in [9.17, 15) is 4.79 Å². The Morgan fingerprint density at radius 3 is 2.59 bits per heavy atom. The average molecular weight is 380 g/mol. The van der Waals surface area contributed by atoms with Gasteiger partial charge in [0.05, 0.1) is 42.3 Å². The molecule has 0 amide bonds. The van der Waals surface area contributed by atoms with E-state index in [2.05, 4.69) is 27.8 Å². The van der Waals surface area contributed by atoms with Gasteiger partial charge in [-0.2, -0.15) is 5.26 Å². The second-order valence-electron chi connectivity index (χ2n) is 7.04. The first kappa shape index (κ1) is 18.7. The van der Waals surface area contributed by atoms with Gasteiger partial charge in [0.25, 0.3) is 5.56 Å². The van der Waals surface area contributed by atoms with Crippen LogP contribution in [0.5, 0.6) is 0 Å². The molecule has 1 aromatic heterocycles. The standard InChI is InChI=1S/C24H20N4O/c25-15-20-8-10-21(11-9-20)16-28-18-26-23-12-14-27(17-22(23)24(28)29)13-4-7-19-5-2-1-3-6-19/h1-3,5-6,8-11,18H,12-14,16-17H2. The molecule has 0 spiro atoms. The van der Waals surface area contributed by atoms with Crippen molar-refractivity contribution in [2.24, 2.45) is 0 Å². The Balaban J connectivity index is 1.48. The van der Waals surface area contributed by atoms with Crippen molar-refractivity contribution in [1.29, 1.82) is 5.26 Å². The zero-order chi connectivity index (χ0) is 20.1. The quantitative estimate of drug-likeness (QED) is 0.655. The molecule has 2 heterocycles. The SMILES string of the molecule is N#Cc1ccc(Cn2cnc3c(c2=O)CN(CC#Cc2ccccc2)CC3)cc1. The third-order valence-corrected chi connectivity index (χ3v) is 5.01. The second-order valence-corrected chi connectivity index (χ2v) is 7.04. The number of aromatic nitrogens is 2. The van der Waals surface area contributed by atoms with Gasteiger partial charge in [0.2, 0.25) is 0 Å². The summed E-state index contributed by atoms with van der Waals surface area (Å²) in [6, 6.07) is 19.3. The molecule has 0 saturated carbocycles. The Labute approximate surface area is 169 Å². The Hall–Kier alpha value is -3.67. The Kier molecular flexibility index (Phi) is 5.52. The highest BCUT2D eigenvalue weighted by Gasteiger charge is 2.20. The van der Waals surface area contributed by atoms with E-state index in [4.69, 9.17) is 5.26 Å². The molecular weight excluding hydrogens is 360 g/mol. The summed E-state index contributed by atoms with van der Waals surface area (Å²) in [6.07, 6.45) is 2.39. The molecule has 5 nitrogen and oxygen atoms in total. The number of benzene rings is 2. The predicted octanol–water partition coefficient (Wildman–Crippen LogP) is 2.57. The Morgan fingerprint density at radius 2 is 1.83 bits per heavy atom. The fourth-order valence-corrected chi connectivity index (χ4v) is 3.41. The minimum atomic E-state index is 0.0000725. The summed E-state index contributed by atoms with van der Waals surface area (Å²) >= 11 is 0. The number of fused-ring (bicyclic) bond motifs is 1. The van der Waals surface area contributed by atoms with E-state index in [1.165, 1.54) is 0 Å². The topological polar surface area (TPSA) is 61.9 Å². The van der Waals surface area contributed by atoms with Crippen LogP contribution < -0.4 is 5.56 Å². The maximum Gasteiger partial charge on any atom is 0.258 e. The van der Waals surface area contributed by atoms with Gasteiger partial charge in [-0.1, -0.05) is 42.2 Å². The Bertz CT molecular complexity index is 1160. The molecule has 0 radical (unpaired) electrons. The molecule has 142 valence electrons. The van der Waals surface area contributed by atoms with E-state index in [1.807, 2.05) is 42.5 Å². The lowest BCUT2D eigenvalue weighted by Gasteiger charge is -2.26. The van der Waals surface area contributed by atoms with Crippen LogP contribution in [0.2, 0.25) is 0 Å². The monoisotopic (exact) mass is 380 g/mol. The second kappa shape index (κ2) is 8.56. The normalized spacial score (nSPS) is 13.1. The van der Waals surface area contributed by atoms with Gasteiger partial charge in [0, 0.05) is 25.1 Å². The van der Waals surface area contributed by atoms with E-state index in [-0.39, 0.29) is 5.56 Å². The largest absolute Gasteiger partial charge is 0.294 e. The van der Waals surface area contributed by atoms with Crippen molar-refractivity contribution >= 4 is 0 Å². The number of nitrogens with zero attached hydrogens (tertiary/aromatic N) is 4. The minimum Gasteiger partial charge on any atom is -0.294 e. The minimum absolute atomic E-state index is 0.0000725. The molecule has 0 unspecified atom stereocenters. The fourth-order valence-electron chi connectivity index (χ4n) is 3.41. The first-order valence-corrected chi connectivity index (χ1v) is 9.55.